The molecule has 1 aromatic carbocycles. The van der Waals surface area contributed by atoms with E-state index < -0.39 is 0 Å². The summed E-state index contributed by atoms with van der Waals surface area (Å²) in [5, 5.41) is 0.735. The Kier molecular flexibility index (Phi) is 5.09. The fraction of sp³-hybridized carbons (Fsp3) is 0.364. The maximum atomic E-state index is 11.6. The molecule has 76 valence electrons. The zero-order valence-electron chi connectivity index (χ0n) is 8.02. The van der Waals surface area contributed by atoms with E-state index in [1.54, 1.807) is 0 Å². The van der Waals surface area contributed by atoms with Crippen LogP contribution >= 0.6 is 38.5 Å². The zero-order valence-corrected chi connectivity index (χ0v) is 11.8. The van der Waals surface area contributed by atoms with Gasteiger partial charge in [-0.3, -0.25) is 4.79 Å². The monoisotopic (exact) mass is 366 g/mol. The number of hydrogen-bond donors (Lipinski definition) is 0. The summed E-state index contributed by atoms with van der Waals surface area (Å²) in [6.45, 7) is 2.11. The Morgan fingerprint density at radius 1 is 1.50 bits per heavy atom. The third-order valence-electron chi connectivity index (χ3n) is 2.07. The van der Waals surface area contributed by atoms with Crippen molar-refractivity contribution in [3.05, 3.63) is 32.9 Å². The molecule has 0 aromatic heterocycles. The van der Waals surface area contributed by atoms with Gasteiger partial charge in [-0.1, -0.05) is 28.9 Å². The topological polar surface area (TPSA) is 17.1 Å². The van der Waals surface area contributed by atoms with E-state index >= 15 is 0 Å². The van der Waals surface area contributed by atoms with Gasteiger partial charge in [-0.2, -0.15) is 0 Å². The Morgan fingerprint density at radius 2 is 2.21 bits per heavy atom. The van der Waals surface area contributed by atoms with E-state index in [0.717, 1.165) is 17.3 Å². The van der Waals surface area contributed by atoms with Crippen molar-refractivity contribution in [1.29, 1.82) is 0 Å². The van der Waals surface area contributed by atoms with Crippen molar-refractivity contribution < 1.29 is 4.79 Å². The summed E-state index contributed by atoms with van der Waals surface area (Å²) >= 11 is 5.58. The van der Waals surface area contributed by atoms with E-state index in [-0.39, 0.29) is 5.78 Å². The largest absolute Gasteiger partial charge is 0.294 e. The van der Waals surface area contributed by atoms with E-state index in [1.807, 2.05) is 18.2 Å². The molecule has 0 aliphatic carbocycles. The molecule has 1 rings (SSSR count). The van der Waals surface area contributed by atoms with Crippen molar-refractivity contribution in [2.24, 2.45) is 0 Å². The summed E-state index contributed by atoms with van der Waals surface area (Å²) in [5.41, 5.74) is 2.09. The van der Waals surface area contributed by atoms with Crippen molar-refractivity contribution in [3.63, 3.8) is 0 Å². The first-order valence-corrected chi connectivity index (χ1v) is 6.76. The van der Waals surface area contributed by atoms with Crippen molar-refractivity contribution in [2.45, 2.75) is 19.8 Å². The minimum Gasteiger partial charge on any atom is -0.294 e. The smallest absolute Gasteiger partial charge is 0.163 e. The SMILES string of the molecule is CCc1cc(C(=O)CCBr)ccc1I. The first kappa shape index (κ1) is 12.2. The van der Waals surface area contributed by atoms with Crippen LogP contribution in [-0.4, -0.2) is 11.1 Å². The maximum Gasteiger partial charge on any atom is 0.163 e. The highest BCUT2D eigenvalue weighted by molar-refractivity contribution is 14.1. The van der Waals surface area contributed by atoms with Crippen LogP contribution in [0.1, 0.15) is 29.3 Å². The lowest BCUT2D eigenvalue weighted by Gasteiger charge is -2.04. The molecule has 0 radical (unpaired) electrons. The van der Waals surface area contributed by atoms with Crippen LogP contribution in [0, 0.1) is 3.57 Å². The molecule has 0 amide bonds. The lowest BCUT2D eigenvalue weighted by Crippen LogP contribution is -2.01. The summed E-state index contributed by atoms with van der Waals surface area (Å²) in [6.07, 6.45) is 1.55. The summed E-state index contributed by atoms with van der Waals surface area (Å²) in [7, 11) is 0. The second kappa shape index (κ2) is 5.85. The number of benzene rings is 1. The van der Waals surface area contributed by atoms with Crippen LogP contribution in [0.2, 0.25) is 0 Å². The molecule has 0 bridgehead atoms. The highest BCUT2D eigenvalue weighted by Gasteiger charge is 2.06. The molecule has 14 heavy (non-hydrogen) atoms. The number of carbonyl (C=O) groups is 1. The van der Waals surface area contributed by atoms with Crippen LogP contribution in [0.4, 0.5) is 0 Å². The first-order chi connectivity index (χ1) is 6.69. The van der Waals surface area contributed by atoms with Gasteiger partial charge in [0.15, 0.2) is 5.78 Å². The summed E-state index contributed by atoms with van der Waals surface area (Å²) < 4.78 is 1.24. The van der Waals surface area contributed by atoms with Crippen molar-refractivity contribution in [3.8, 4) is 0 Å². The maximum absolute atomic E-state index is 11.6. The van der Waals surface area contributed by atoms with Gasteiger partial charge in [-0.25, -0.2) is 0 Å². The van der Waals surface area contributed by atoms with Gasteiger partial charge in [0, 0.05) is 20.9 Å². The van der Waals surface area contributed by atoms with Crippen molar-refractivity contribution in [1.82, 2.24) is 0 Å². The van der Waals surface area contributed by atoms with Gasteiger partial charge in [0.1, 0.15) is 0 Å². The molecule has 0 spiro atoms. The summed E-state index contributed by atoms with van der Waals surface area (Å²) in [5.74, 6) is 0.216. The highest BCUT2D eigenvalue weighted by atomic mass is 127. The van der Waals surface area contributed by atoms with Gasteiger partial charge < -0.3 is 0 Å². The molecule has 0 N–H and O–H groups in total. The Labute approximate surface area is 107 Å². The molecule has 0 unspecified atom stereocenters. The number of Topliss-reactive ketones (excluding diaryl/α,β-unsaturated/α-hetero) is 1. The summed E-state index contributed by atoms with van der Waals surface area (Å²) in [6, 6.07) is 5.93. The van der Waals surface area contributed by atoms with E-state index in [9.17, 15) is 4.79 Å². The number of alkyl halides is 1. The van der Waals surface area contributed by atoms with Crippen LogP contribution in [0.25, 0.3) is 0 Å². The second-order valence-corrected chi connectivity index (χ2v) is 4.98. The molecular formula is C11H12BrIO. The van der Waals surface area contributed by atoms with E-state index in [0.29, 0.717) is 6.42 Å². The number of ketones is 1. The summed E-state index contributed by atoms with van der Waals surface area (Å²) in [4.78, 5) is 11.6. The van der Waals surface area contributed by atoms with Crippen molar-refractivity contribution >= 4 is 44.3 Å². The Hall–Kier alpha value is 0.100. The second-order valence-electron chi connectivity index (χ2n) is 3.02. The molecule has 3 heteroatoms. The van der Waals surface area contributed by atoms with Gasteiger partial charge in [0.2, 0.25) is 0 Å². The number of halogens is 2. The average Bonchev–Trinajstić information content (AvgIpc) is 2.19. The standard InChI is InChI=1S/C11H12BrIO/c1-2-8-7-9(3-4-10(8)13)11(14)5-6-12/h3-4,7H,2,5-6H2,1H3. The van der Waals surface area contributed by atoms with Crippen LogP contribution in [-0.2, 0) is 6.42 Å². The molecule has 0 heterocycles. The molecule has 1 nitrogen and oxygen atoms in total. The Morgan fingerprint density at radius 3 is 2.79 bits per heavy atom. The van der Waals surface area contributed by atoms with Crippen LogP contribution < -0.4 is 0 Å². The van der Waals surface area contributed by atoms with Gasteiger partial charge in [-0.15, -0.1) is 0 Å². The van der Waals surface area contributed by atoms with Gasteiger partial charge in [0.05, 0.1) is 0 Å². The molecule has 1 aromatic rings. The molecule has 0 fully saturated rings. The van der Waals surface area contributed by atoms with E-state index in [1.165, 1.54) is 9.13 Å². The molecule has 0 saturated carbocycles. The highest BCUT2D eigenvalue weighted by Crippen LogP contribution is 2.16. The van der Waals surface area contributed by atoms with Gasteiger partial charge >= 0.3 is 0 Å². The lowest BCUT2D eigenvalue weighted by molar-refractivity contribution is 0.0990. The molecule has 0 atom stereocenters. The van der Waals surface area contributed by atoms with Gasteiger partial charge in [-0.05, 0) is 46.7 Å². The number of carbonyl (C=O) groups excluding carboxylic acids is 1. The quantitative estimate of drug-likeness (QED) is 0.449. The zero-order chi connectivity index (χ0) is 10.6. The van der Waals surface area contributed by atoms with Crippen LogP contribution in [0.3, 0.4) is 0 Å². The molecular weight excluding hydrogens is 355 g/mol. The normalized spacial score (nSPS) is 10.2. The minimum atomic E-state index is 0.216. The fourth-order valence-electron chi connectivity index (χ4n) is 1.25. The van der Waals surface area contributed by atoms with Gasteiger partial charge in [0.25, 0.3) is 0 Å². The number of rotatable bonds is 4. The minimum absolute atomic E-state index is 0.216. The van der Waals surface area contributed by atoms with E-state index in [4.69, 9.17) is 0 Å². The predicted molar refractivity (Wildman–Crippen MR) is 71.3 cm³/mol. The Balaban J connectivity index is 2.94. The lowest BCUT2D eigenvalue weighted by atomic mass is 10.0. The fourth-order valence-corrected chi connectivity index (χ4v) is 2.33. The van der Waals surface area contributed by atoms with Crippen LogP contribution in [0.5, 0.6) is 0 Å². The average molecular weight is 367 g/mol. The van der Waals surface area contributed by atoms with Crippen LogP contribution in [0.15, 0.2) is 18.2 Å². The Bertz CT molecular complexity index is 336. The van der Waals surface area contributed by atoms with Crippen molar-refractivity contribution in [2.75, 3.05) is 5.33 Å². The number of hydrogen-bond acceptors (Lipinski definition) is 1. The molecule has 0 aliphatic heterocycles. The third-order valence-corrected chi connectivity index (χ3v) is 3.52. The molecule has 0 saturated heterocycles. The molecule has 0 aliphatic rings. The first-order valence-electron chi connectivity index (χ1n) is 4.56. The number of aryl methyl sites for hydroxylation is 1. The predicted octanol–water partition coefficient (Wildman–Crippen LogP) is 3.82. The third kappa shape index (κ3) is 3.05. The van der Waals surface area contributed by atoms with E-state index in [2.05, 4.69) is 45.4 Å².